The molecule has 0 radical (unpaired) electrons. The normalized spacial score (nSPS) is 10.8. The van der Waals surface area contributed by atoms with E-state index in [-0.39, 0.29) is 11.1 Å². The molecule has 0 fully saturated rings. The Balaban J connectivity index is 1.53. The number of aryl methyl sites for hydroxylation is 2. The van der Waals surface area contributed by atoms with Crippen molar-refractivity contribution in [2.75, 3.05) is 12.4 Å². The second-order valence-electron chi connectivity index (χ2n) is 7.83. The van der Waals surface area contributed by atoms with Crippen LogP contribution in [0.1, 0.15) is 38.3 Å². The third-order valence-electron chi connectivity index (χ3n) is 5.61. The van der Waals surface area contributed by atoms with Crippen LogP contribution in [0.5, 0.6) is 0 Å². The fraction of sp³-hybridized carbons (Fsp3) is 0.160. The topological polar surface area (TPSA) is 130 Å². The molecule has 3 N–H and O–H groups in total. The lowest BCUT2D eigenvalue weighted by Crippen LogP contribution is -2.06. The van der Waals surface area contributed by atoms with E-state index in [2.05, 4.69) is 20.5 Å². The van der Waals surface area contributed by atoms with E-state index in [1.54, 1.807) is 54.6 Å². The fourth-order valence-corrected chi connectivity index (χ4v) is 3.82. The lowest BCUT2D eigenvalue weighted by Gasteiger charge is -2.11. The molecule has 0 bridgehead atoms. The number of rotatable bonds is 9. The van der Waals surface area contributed by atoms with Gasteiger partial charge < -0.3 is 15.5 Å². The second kappa shape index (κ2) is 10.1. The van der Waals surface area contributed by atoms with Crippen LogP contribution >= 0.6 is 0 Å². The number of carboxylic acids is 2. The van der Waals surface area contributed by atoms with E-state index >= 15 is 0 Å². The number of imidazole rings is 1. The summed E-state index contributed by atoms with van der Waals surface area (Å²) < 4.78 is 16.1. The molecule has 35 heavy (non-hydrogen) atoms. The third kappa shape index (κ3) is 5.16. The van der Waals surface area contributed by atoms with Gasteiger partial charge in [0.1, 0.15) is 12.1 Å². The van der Waals surface area contributed by atoms with Crippen molar-refractivity contribution < 1.29 is 24.2 Å². The highest BCUT2D eigenvalue weighted by atomic mass is 19.1. The highest BCUT2D eigenvalue weighted by Crippen LogP contribution is 2.26. The Kier molecular flexibility index (Phi) is 6.81. The third-order valence-corrected chi connectivity index (χ3v) is 5.61. The summed E-state index contributed by atoms with van der Waals surface area (Å²) in [5.41, 5.74) is 2.45. The molecular weight excluding hydrogens is 453 g/mol. The summed E-state index contributed by atoms with van der Waals surface area (Å²) >= 11 is 0. The highest BCUT2D eigenvalue weighted by Gasteiger charge is 2.16. The molecule has 178 valence electrons. The maximum Gasteiger partial charge on any atom is 0.337 e. The zero-order valence-corrected chi connectivity index (χ0v) is 18.8. The molecule has 9 nitrogen and oxygen atoms in total. The first-order chi connectivity index (χ1) is 16.9. The number of carboxylic acid groups (broad SMARTS) is 2. The number of hydrogen-bond donors (Lipinski definition) is 3. The van der Waals surface area contributed by atoms with Gasteiger partial charge in [-0.3, -0.25) is 4.57 Å². The average molecular weight is 475 g/mol. The van der Waals surface area contributed by atoms with Crippen molar-refractivity contribution in [3.05, 3.63) is 89.3 Å². The van der Waals surface area contributed by atoms with Crippen LogP contribution in [0.3, 0.4) is 0 Å². The number of benzene rings is 2. The summed E-state index contributed by atoms with van der Waals surface area (Å²) in [5, 5.41) is 30.0. The summed E-state index contributed by atoms with van der Waals surface area (Å²) in [6.45, 7) is 0. The van der Waals surface area contributed by atoms with Gasteiger partial charge in [0.05, 0.1) is 16.8 Å². The Labute approximate surface area is 199 Å². The Bertz CT molecular complexity index is 1370. The van der Waals surface area contributed by atoms with E-state index in [9.17, 15) is 24.2 Å². The van der Waals surface area contributed by atoms with Gasteiger partial charge >= 0.3 is 11.9 Å². The van der Waals surface area contributed by atoms with E-state index in [1.165, 1.54) is 12.1 Å². The fourth-order valence-electron chi connectivity index (χ4n) is 3.82. The number of aromatic carboxylic acids is 2. The van der Waals surface area contributed by atoms with Crippen LogP contribution < -0.4 is 5.32 Å². The Morgan fingerprint density at radius 2 is 1.80 bits per heavy atom. The molecule has 2 heterocycles. The van der Waals surface area contributed by atoms with Crippen molar-refractivity contribution in [1.82, 2.24) is 19.7 Å². The van der Waals surface area contributed by atoms with Crippen molar-refractivity contribution in [1.29, 1.82) is 0 Å². The number of halogens is 1. The molecule has 0 spiro atoms. The molecule has 0 aliphatic rings. The second-order valence-corrected chi connectivity index (χ2v) is 7.83. The Morgan fingerprint density at radius 1 is 1.00 bits per heavy atom. The molecule has 0 saturated carbocycles. The van der Waals surface area contributed by atoms with Gasteiger partial charge in [-0.25, -0.2) is 19.0 Å². The van der Waals surface area contributed by atoms with Gasteiger partial charge in [-0.2, -0.15) is 0 Å². The van der Waals surface area contributed by atoms with Crippen LogP contribution in [0.15, 0.2) is 61.2 Å². The minimum atomic E-state index is -1.20. The van der Waals surface area contributed by atoms with Crippen molar-refractivity contribution in [3.63, 3.8) is 0 Å². The van der Waals surface area contributed by atoms with Gasteiger partial charge in [-0.15, -0.1) is 10.2 Å². The molecule has 2 aromatic carbocycles. The first kappa shape index (κ1) is 23.6. The number of anilines is 1. The van der Waals surface area contributed by atoms with E-state index in [4.69, 9.17) is 0 Å². The lowest BCUT2D eigenvalue weighted by atomic mass is 9.97. The van der Waals surface area contributed by atoms with Crippen molar-refractivity contribution >= 4 is 17.6 Å². The van der Waals surface area contributed by atoms with Crippen LogP contribution in [-0.4, -0.2) is 48.9 Å². The van der Waals surface area contributed by atoms with Crippen LogP contribution in [0.2, 0.25) is 0 Å². The summed E-state index contributed by atoms with van der Waals surface area (Å²) in [7, 11) is 1.58. The maximum absolute atomic E-state index is 14.4. The molecule has 0 saturated heterocycles. The summed E-state index contributed by atoms with van der Waals surface area (Å²) in [6, 6.07) is 11.0. The number of nitrogens with one attached hydrogen (secondary N) is 1. The molecule has 4 rings (SSSR count). The van der Waals surface area contributed by atoms with Crippen LogP contribution in [0.4, 0.5) is 10.1 Å². The Hall–Kier alpha value is -4.60. The summed E-state index contributed by atoms with van der Waals surface area (Å²) in [6.07, 6.45) is 6.45. The summed E-state index contributed by atoms with van der Waals surface area (Å²) in [4.78, 5) is 27.0. The number of carbonyl (C=O) groups is 2. The zero-order chi connectivity index (χ0) is 24.9. The SMILES string of the molecule is CNc1cc(CCCc2ccc(C(=O)O)c(-c3ccc(-n4ccnc4)nn3)c2)c(F)cc1C(=O)O. The predicted octanol–water partition coefficient (Wildman–Crippen LogP) is 4.08. The van der Waals surface area contributed by atoms with E-state index in [0.29, 0.717) is 47.6 Å². The number of hydrogen-bond acceptors (Lipinski definition) is 6. The van der Waals surface area contributed by atoms with Gasteiger partial charge in [0.15, 0.2) is 5.82 Å². The maximum atomic E-state index is 14.4. The molecule has 0 aliphatic heterocycles. The number of aromatic nitrogens is 4. The quantitative estimate of drug-likeness (QED) is 0.330. The molecule has 0 aliphatic carbocycles. The van der Waals surface area contributed by atoms with Crippen LogP contribution in [-0.2, 0) is 12.8 Å². The highest BCUT2D eigenvalue weighted by molar-refractivity contribution is 5.95. The predicted molar refractivity (Wildman–Crippen MR) is 126 cm³/mol. The van der Waals surface area contributed by atoms with Gasteiger partial charge in [0.2, 0.25) is 0 Å². The molecule has 10 heteroatoms. The van der Waals surface area contributed by atoms with Gasteiger partial charge in [0, 0.05) is 30.7 Å². The van der Waals surface area contributed by atoms with Gasteiger partial charge in [-0.05, 0) is 66.8 Å². The van der Waals surface area contributed by atoms with Crippen molar-refractivity contribution in [2.24, 2.45) is 0 Å². The molecule has 0 amide bonds. The van der Waals surface area contributed by atoms with Crippen molar-refractivity contribution in [3.8, 4) is 17.1 Å². The average Bonchev–Trinajstić information content (AvgIpc) is 3.39. The molecule has 4 aromatic rings. The first-order valence-corrected chi connectivity index (χ1v) is 10.8. The minimum absolute atomic E-state index is 0.104. The van der Waals surface area contributed by atoms with Crippen LogP contribution in [0.25, 0.3) is 17.1 Å². The smallest absolute Gasteiger partial charge is 0.337 e. The Morgan fingerprint density at radius 3 is 2.43 bits per heavy atom. The first-order valence-electron chi connectivity index (χ1n) is 10.8. The number of nitrogens with zero attached hydrogens (tertiary/aromatic N) is 4. The molecule has 0 atom stereocenters. The van der Waals surface area contributed by atoms with E-state index < -0.39 is 17.8 Å². The zero-order valence-electron chi connectivity index (χ0n) is 18.8. The lowest BCUT2D eigenvalue weighted by molar-refractivity contribution is 0.0686. The van der Waals surface area contributed by atoms with Gasteiger partial charge in [-0.1, -0.05) is 6.07 Å². The minimum Gasteiger partial charge on any atom is -0.478 e. The van der Waals surface area contributed by atoms with Crippen LogP contribution in [0, 0.1) is 5.82 Å². The largest absolute Gasteiger partial charge is 0.478 e. The van der Waals surface area contributed by atoms with Crippen molar-refractivity contribution in [2.45, 2.75) is 19.3 Å². The molecular formula is C25H22FN5O4. The van der Waals surface area contributed by atoms with E-state index in [0.717, 1.165) is 11.6 Å². The monoisotopic (exact) mass is 475 g/mol. The standard InChI is InChI=1S/C25H22FN5O4/c1-27-22-12-16(20(26)13-19(22)25(34)35)4-2-3-15-5-6-17(24(32)33)18(11-15)21-7-8-23(30-29-21)31-10-9-28-14-31/h5-14,27H,2-4H2,1H3,(H,32,33)(H,34,35). The molecule has 0 unspecified atom stereocenters. The van der Waals surface area contributed by atoms with Gasteiger partial charge in [0.25, 0.3) is 0 Å². The molecule has 2 aromatic heterocycles. The van der Waals surface area contributed by atoms with E-state index in [1.807, 2.05) is 0 Å². The summed E-state index contributed by atoms with van der Waals surface area (Å²) in [5.74, 6) is -2.30.